The molecule has 0 aromatic rings. The van der Waals surface area contributed by atoms with Gasteiger partial charge in [-0.2, -0.15) is 0 Å². The molecule has 3 N–H and O–H groups in total. The Hall–Kier alpha value is -1.37. The molecule has 0 radical (unpaired) electrons. The Morgan fingerprint density at radius 2 is 2.33 bits per heavy atom. The van der Waals surface area contributed by atoms with Gasteiger partial charge >= 0.3 is 0 Å². The molecule has 0 aliphatic carbocycles. The van der Waals surface area contributed by atoms with Crippen LogP contribution in [0, 0.1) is 10.1 Å². The molecule has 0 unspecified atom stereocenters. The number of hydrazine groups is 1. The van der Waals surface area contributed by atoms with Crippen LogP contribution in [0.25, 0.3) is 0 Å². The topological polar surface area (TPSA) is 96.8 Å². The van der Waals surface area contributed by atoms with Crippen LogP contribution >= 0.6 is 0 Å². The molecular formula is C5H13N5O2. The number of nitrogens with zero attached hydrogens (tertiary/aromatic N) is 3. The van der Waals surface area contributed by atoms with Crippen molar-refractivity contribution in [2.24, 2.45) is 10.7 Å². The number of guanidine groups is 1. The monoisotopic (exact) mass is 175 g/mol. The van der Waals surface area contributed by atoms with E-state index in [2.05, 4.69) is 4.99 Å². The van der Waals surface area contributed by atoms with Gasteiger partial charge in [0.2, 0.25) is 0 Å². The van der Waals surface area contributed by atoms with Crippen LogP contribution in [-0.2, 0) is 0 Å². The lowest BCUT2D eigenvalue weighted by Crippen LogP contribution is -2.36. The summed E-state index contributed by atoms with van der Waals surface area (Å²) in [5.41, 5.74) is 6.89. The van der Waals surface area contributed by atoms with Crippen molar-refractivity contribution in [1.82, 2.24) is 10.3 Å². The van der Waals surface area contributed by atoms with Gasteiger partial charge in [-0.25, -0.2) is 15.1 Å². The van der Waals surface area contributed by atoms with Crippen LogP contribution in [0.2, 0.25) is 0 Å². The number of rotatable bonds is 4. The standard InChI is InChI=1S/C5H13N5O2/c1-9(2)4-3-7-5(6)8-10(11)12/h3-4H2,1-2H3,(H3,6,7,8). The van der Waals surface area contributed by atoms with Crippen molar-refractivity contribution in [3.8, 4) is 0 Å². The normalized spacial score (nSPS) is 11.8. The number of nitro groups is 1. The van der Waals surface area contributed by atoms with Gasteiger partial charge in [-0.3, -0.25) is 0 Å². The van der Waals surface area contributed by atoms with Crippen molar-refractivity contribution in [3.63, 3.8) is 0 Å². The number of nitrogens with one attached hydrogen (secondary N) is 1. The first-order valence-electron chi connectivity index (χ1n) is 3.38. The molecule has 0 aromatic carbocycles. The van der Waals surface area contributed by atoms with Crippen LogP contribution in [-0.4, -0.2) is 43.1 Å². The summed E-state index contributed by atoms with van der Waals surface area (Å²) in [7, 11) is 3.76. The number of likely N-dealkylation sites (N-methyl/N-ethyl adjacent to an activating group) is 1. The van der Waals surface area contributed by atoms with Crippen molar-refractivity contribution < 1.29 is 5.03 Å². The Morgan fingerprint density at radius 3 is 2.75 bits per heavy atom. The highest BCUT2D eigenvalue weighted by atomic mass is 16.7. The van der Waals surface area contributed by atoms with E-state index in [1.54, 1.807) is 5.43 Å². The highest BCUT2D eigenvalue weighted by molar-refractivity contribution is 5.76. The largest absolute Gasteiger partial charge is 0.365 e. The Bertz CT molecular complexity index is 179. The van der Waals surface area contributed by atoms with E-state index in [1.165, 1.54) is 0 Å². The van der Waals surface area contributed by atoms with Gasteiger partial charge in [0, 0.05) is 6.54 Å². The fourth-order valence-electron chi connectivity index (χ4n) is 0.499. The zero-order valence-corrected chi connectivity index (χ0v) is 7.15. The first kappa shape index (κ1) is 10.6. The van der Waals surface area contributed by atoms with Gasteiger partial charge < -0.3 is 10.6 Å². The lowest BCUT2D eigenvalue weighted by atomic mass is 10.6. The third kappa shape index (κ3) is 6.75. The minimum atomic E-state index is -0.742. The SMILES string of the molecule is CN(C)CCN=C(N)N[N+](=O)[O-]. The zero-order valence-electron chi connectivity index (χ0n) is 7.15. The molecule has 0 amide bonds. The molecule has 0 aliphatic heterocycles. The second-order valence-electron chi connectivity index (χ2n) is 2.44. The average Bonchev–Trinajstić information content (AvgIpc) is 1.84. The van der Waals surface area contributed by atoms with Crippen LogP contribution < -0.4 is 11.2 Å². The highest BCUT2D eigenvalue weighted by Gasteiger charge is 1.97. The second-order valence-corrected chi connectivity index (χ2v) is 2.44. The predicted octanol–water partition coefficient (Wildman–Crippen LogP) is -1.36. The maximum Gasteiger partial charge on any atom is 0.251 e. The van der Waals surface area contributed by atoms with E-state index in [0.29, 0.717) is 13.1 Å². The van der Waals surface area contributed by atoms with E-state index in [1.807, 2.05) is 19.0 Å². The molecule has 0 saturated carbocycles. The first-order valence-corrected chi connectivity index (χ1v) is 3.38. The summed E-state index contributed by atoms with van der Waals surface area (Å²) in [6, 6.07) is 0. The summed E-state index contributed by atoms with van der Waals surface area (Å²) >= 11 is 0. The Balaban J connectivity index is 3.62. The van der Waals surface area contributed by atoms with Gasteiger partial charge in [-0.1, -0.05) is 5.43 Å². The van der Waals surface area contributed by atoms with E-state index in [9.17, 15) is 10.1 Å². The molecule has 0 bridgehead atoms. The summed E-state index contributed by atoms with van der Waals surface area (Å²) in [4.78, 5) is 15.4. The van der Waals surface area contributed by atoms with Gasteiger partial charge in [-0.15, -0.1) is 0 Å². The van der Waals surface area contributed by atoms with Crippen LogP contribution in [0.15, 0.2) is 4.99 Å². The zero-order chi connectivity index (χ0) is 9.56. The van der Waals surface area contributed by atoms with Crippen molar-refractivity contribution in [1.29, 1.82) is 0 Å². The maximum absolute atomic E-state index is 9.83. The van der Waals surface area contributed by atoms with Crippen molar-refractivity contribution in [3.05, 3.63) is 10.1 Å². The first-order chi connectivity index (χ1) is 5.52. The van der Waals surface area contributed by atoms with E-state index >= 15 is 0 Å². The number of nitrogens with two attached hydrogens (primary N) is 1. The van der Waals surface area contributed by atoms with E-state index in [-0.39, 0.29) is 5.96 Å². The highest BCUT2D eigenvalue weighted by Crippen LogP contribution is 1.75. The van der Waals surface area contributed by atoms with Gasteiger partial charge in [0.15, 0.2) is 5.03 Å². The van der Waals surface area contributed by atoms with E-state index in [4.69, 9.17) is 5.73 Å². The lowest BCUT2D eigenvalue weighted by Gasteiger charge is -2.05. The van der Waals surface area contributed by atoms with Crippen LogP contribution in [0.5, 0.6) is 0 Å². The summed E-state index contributed by atoms with van der Waals surface area (Å²) in [5.74, 6) is -0.165. The molecule has 0 spiro atoms. The van der Waals surface area contributed by atoms with Crippen LogP contribution in [0.3, 0.4) is 0 Å². The van der Waals surface area contributed by atoms with Crippen LogP contribution in [0.4, 0.5) is 0 Å². The minimum absolute atomic E-state index is 0.165. The Kier molecular flexibility index (Phi) is 4.70. The van der Waals surface area contributed by atoms with E-state index < -0.39 is 5.03 Å². The van der Waals surface area contributed by atoms with Gasteiger partial charge in [0.1, 0.15) is 0 Å². The number of hydrogen-bond donors (Lipinski definition) is 2. The summed E-state index contributed by atoms with van der Waals surface area (Å²) in [6.45, 7) is 1.15. The molecule has 70 valence electrons. The third-order valence-corrected chi connectivity index (χ3v) is 1.04. The molecule has 0 aromatic heterocycles. The van der Waals surface area contributed by atoms with Gasteiger partial charge in [0.05, 0.1) is 6.54 Å². The molecule has 0 fully saturated rings. The summed E-state index contributed by atoms with van der Waals surface area (Å²) < 4.78 is 0. The molecule has 12 heavy (non-hydrogen) atoms. The van der Waals surface area contributed by atoms with Crippen LogP contribution in [0.1, 0.15) is 0 Å². The van der Waals surface area contributed by atoms with Crippen molar-refractivity contribution >= 4 is 5.96 Å². The molecule has 0 aliphatic rings. The molecule has 7 nitrogen and oxygen atoms in total. The van der Waals surface area contributed by atoms with Crippen molar-refractivity contribution in [2.75, 3.05) is 27.2 Å². The molecular weight excluding hydrogens is 162 g/mol. The quantitative estimate of drug-likeness (QED) is 0.238. The molecule has 7 heteroatoms. The number of aliphatic imine (C=N–C) groups is 1. The Morgan fingerprint density at radius 1 is 1.75 bits per heavy atom. The maximum atomic E-state index is 9.83. The fraction of sp³-hybridized carbons (Fsp3) is 0.800. The van der Waals surface area contributed by atoms with E-state index in [0.717, 1.165) is 0 Å². The van der Waals surface area contributed by atoms with Gasteiger partial charge in [0.25, 0.3) is 5.96 Å². The number of hydrogen-bond acceptors (Lipinski definition) is 4. The summed E-state index contributed by atoms with van der Waals surface area (Å²) in [5, 5.41) is 9.09. The fourth-order valence-corrected chi connectivity index (χ4v) is 0.499. The predicted molar refractivity (Wildman–Crippen MR) is 45.2 cm³/mol. The average molecular weight is 175 g/mol. The summed E-state index contributed by atoms with van der Waals surface area (Å²) in [6.07, 6.45) is 0. The molecule has 0 rings (SSSR count). The smallest absolute Gasteiger partial charge is 0.251 e. The molecule has 0 heterocycles. The van der Waals surface area contributed by atoms with Gasteiger partial charge in [-0.05, 0) is 14.1 Å². The Labute approximate surface area is 70.4 Å². The lowest BCUT2D eigenvalue weighted by molar-refractivity contribution is -0.525. The molecule has 0 atom stereocenters. The van der Waals surface area contributed by atoms with Crippen molar-refractivity contribution in [2.45, 2.75) is 0 Å². The minimum Gasteiger partial charge on any atom is -0.365 e. The molecule has 0 saturated heterocycles. The second kappa shape index (κ2) is 5.30. The third-order valence-electron chi connectivity index (χ3n) is 1.04.